The van der Waals surface area contributed by atoms with Gasteiger partial charge in [-0.25, -0.2) is 9.97 Å². The Morgan fingerprint density at radius 2 is 1.24 bits per heavy atom. The number of aryl methyl sites for hydroxylation is 1. The van der Waals surface area contributed by atoms with Crippen molar-refractivity contribution < 1.29 is 0 Å². The third-order valence-electron chi connectivity index (χ3n) is 12.3. The largest absolute Gasteiger partial charge is 0.327 e. The first-order valence-electron chi connectivity index (χ1n) is 19.9. The van der Waals surface area contributed by atoms with Crippen LogP contribution in [0.3, 0.4) is 0 Å². The van der Waals surface area contributed by atoms with E-state index in [9.17, 15) is 0 Å². The van der Waals surface area contributed by atoms with Crippen LogP contribution in [0.25, 0.3) is 50.0 Å². The van der Waals surface area contributed by atoms with Crippen molar-refractivity contribution in [2.45, 2.75) is 29.1 Å². The normalized spacial score (nSPS) is 13.5. The molecule has 3 aromatic heterocycles. The average molecular weight is 781 g/mol. The summed E-state index contributed by atoms with van der Waals surface area (Å²) in [5, 5.41) is 7.90. The van der Waals surface area contributed by atoms with Crippen molar-refractivity contribution in [3.63, 3.8) is 0 Å². The molecule has 0 unspecified atom stereocenters. The third kappa shape index (κ3) is 5.01. The minimum Gasteiger partial charge on any atom is -0.327 e. The zero-order valence-electron chi connectivity index (χ0n) is 32.6. The molecule has 0 amide bonds. The minimum atomic E-state index is -3.17. The van der Waals surface area contributed by atoms with Crippen LogP contribution >= 0.6 is 11.8 Å². The molecule has 0 spiro atoms. The van der Waals surface area contributed by atoms with E-state index in [4.69, 9.17) is 9.97 Å². The summed E-state index contributed by atoms with van der Waals surface area (Å²) in [5.41, 5.74) is 7.99. The molecular weight excluding hydrogens is 741 g/mol. The summed E-state index contributed by atoms with van der Waals surface area (Å²) in [6.45, 7) is 4.86. The molecule has 7 aromatic carbocycles. The SMILES string of the molecule is Cn1c(-c2cccc([Si](c3ccccc3)(c3ccccc3)c3cc4c(c5c3Sc3ccccc3C5(C)C)c3ccccc3n4-c3ccccn3)c2)nc2ccccc21. The summed E-state index contributed by atoms with van der Waals surface area (Å²) < 4.78 is 4.64. The number of nitrogens with zero attached hydrogens (tertiary/aromatic N) is 4. The molecule has 0 radical (unpaired) electrons. The lowest BCUT2D eigenvalue weighted by Crippen LogP contribution is -2.75. The van der Waals surface area contributed by atoms with Crippen LogP contribution in [-0.2, 0) is 12.5 Å². The molecule has 4 nitrogen and oxygen atoms in total. The molecule has 1 aliphatic rings. The highest BCUT2D eigenvalue weighted by Gasteiger charge is 2.47. The van der Waals surface area contributed by atoms with Crippen molar-refractivity contribution in [1.29, 1.82) is 0 Å². The number of benzene rings is 7. The van der Waals surface area contributed by atoms with Crippen molar-refractivity contribution in [2.24, 2.45) is 7.05 Å². The maximum absolute atomic E-state index is 5.21. The van der Waals surface area contributed by atoms with E-state index in [1.807, 2.05) is 24.0 Å². The van der Waals surface area contributed by atoms with Crippen molar-refractivity contribution in [3.05, 3.63) is 199 Å². The molecule has 10 aromatic rings. The minimum absolute atomic E-state index is 0.313. The number of rotatable bonds is 6. The molecule has 0 aliphatic carbocycles. The van der Waals surface area contributed by atoms with Gasteiger partial charge in [0.05, 0.1) is 22.1 Å². The zero-order chi connectivity index (χ0) is 39.0. The van der Waals surface area contributed by atoms with Crippen LogP contribution in [-0.4, -0.2) is 27.2 Å². The second-order valence-corrected chi connectivity index (χ2v) is 20.7. The Kier molecular flexibility index (Phi) is 7.97. The quantitative estimate of drug-likeness (QED) is 0.125. The fraction of sp³-hybridized carbons (Fsp3) is 0.0769. The Hall–Kier alpha value is -6.47. The fourth-order valence-corrected chi connectivity index (χ4v) is 16.7. The molecule has 0 fully saturated rings. The van der Waals surface area contributed by atoms with Gasteiger partial charge in [-0.2, -0.15) is 0 Å². The van der Waals surface area contributed by atoms with Crippen LogP contribution in [0.4, 0.5) is 0 Å². The van der Waals surface area contributed by atoms with Gasteiger partial charge < -0.3 is 4.57 Å². The first-order valence-corrected chi connectivity index (χ1v) is 22.7. The van der Waals surface area contributed by atoms with Crippen LogP contribution < -0.4 is 20.7 Å². The Labute approximate surface area is 343 Å². The van der Waals surface area contributed by atoms with Crippen LogP contribution in [0.2, 0.25) is 0 Å². The highest BCUT2D eigenvalue weighted by molar-refractivity contribution is 7.99. The van der Waals surface area contributed by atoms with Gasteiger partial charge >= 0.3 is 0 Å². The molecule has 0 N–H and O–H groups in total. The highest BCUT2D eigenvalue weighted by Crippen LogP contribution is 2.53. The zero-order valence-corrected chi connectivity index (χ0v) is 34.4. The molecule has 0 bridgehead atoms. The summed E-state index contributed by atoms with van der Waals surface area (Å²) >= 11 is 1.95. The van der Waals surface area contributed by atoms with Gasteiger partial charge in [-0.05, 0) is 74.3 Å². The summed E-state index contributed by atoms with van der Waals surface area (Å²) in [6.07, 6.45) is 1.91. The van der Waals surface area contributed by atoms with Gasteiger partial charge in [0.15, 0.2) is 8.07 Å². The highest BCUT2D eigenvalue weighted by atomic mass is 32.2. The number of hydrogen-bond acceptors (Lipinski definition) is 3. The van der Waals surface area contributed by atoms with Gasteiger partial charge in [0.25, 0.3) is 0 Å². The van der Waals surface area contributed by atoms with E-state index in [1.165, 1.54) is 58.0 Å². The van der Waals surface area contributed by atoms with Gasteiger partial charge in [0, 0.05) is 44.8 Å². The number of pyridine rings is 1. The summed E-state index contributed by atoms with van der Waals surface area (Å²) in [5.74, 6) is 1.88. The van der Waals surface area contributed by atoms with Crippen LogP contribution in [0, 0.1) is 0 Å². The number of imidazole rings is 1. The molecule has 0 saturated heterocycles. The van der Waals surface area contributed by atoms with Gasteiger partial charge in [-0.3, -0.25) is 4.57 Å². The first kappa shape index (κ1) is 34.7. The van der Waals surface area contributed by atoms with Gasteiger partial charge in [0.2, 0.25) is 0 Å². The van der Waals surface area contributed by atoms with Crippen molar-refractivity contribution in [1.82, 2.24) is 19.1 Å². The summed E-state index contributed by atoms with van der Waals surface area (Å²) in [6, 6.07) is 67.1. The van der Waals surface area contributed by atoms with Crippen molar-refractivity contribution in [2.75, 3.05) is 0 Å². The maximum atomic E-state index is 5.21. The Bertz CT molecular complexity index is 3150. The lowest BCUT2D eigenvalue weighted by Gasteiger charge is -2.41. The van der Waals surface area contributed by atoms with E-state index in [0.29, 0.717) is 0 Å². The number of aromatic nitrogens is 4. The molecule has 1 aliphatic heterocycles. The Morgan fingerprint density at radius 1 is 0.586 bits per heavy atom. The average Bonchev–Trinajstić information content (AvgIpc) is 3.79. The van der Waals surface area contributed by atoms with Crippen molar-refractivity contribution >= 4 is 73.4 Å². The smallest absolute Gasteiger partial charge is 0.180 e. The summed E-state index contributed by atoms with van der Waals surface area (Å²) in [7, 11) is -1.03. The van der Waals surface area contributed by atoms with Gasteiger partial charge in [-0.15, -0.1) is 0 Å². The predicted molar refractivity (Wildman–Crippen MR) is 245 cm³/mol. The second-order valence-electron chi connectivity index (χ2n) is 15.8. The van der Waals surface area contributed by atoms with E-state index >= 15 is 0 Å². The molecular formula is C52H40N4SSi. The van der Waals surface area contributed by atoms with E-state index in [-0.39, 0.29) is 5.41 Å². The molecule has 58 heavy (non-hydrogen) atoms. The topological polar surface area (TPSA) is 35.6 Å². The van der Waals surface area contributed by atoms with Crippen LogP contribution in [0.1, 0.15) is 25.0 Å². The molecule has 278 valence electrons. The molecule has 4 heterocycles. The molecule has 0 saturated carbocycles. The molecule has 0 atom stereocenters. The molecule has 11 rings (SSSR count). The van der Waals surface area contributed by atoms with E-state index in [2.05, 4.69) is 206 Å². The third-order valence-corrected chi connectivity index (χ3v) is 18.5. The van der Waals surface area contributed by atoms with E-state index in [0.717, 1.165) is 33.8 Å². The van der Waals surface area contributed by atoms with E-state index < -0.39 is 8.07 Å². The lowest BCUT2D eigenvalue weighted by molar-refractivity contribution is 0.615. The van der Waals surface area contributed by atoms with E-state index in [1.54, 1.807) is 0 Å². The number of fused-ring (bicyclic) bond motifs is 7. The molecule has 6 heteroatoms. The first-order chi connectivity index (χ1) is 28.5. The monoisotopic (exact) mass is 780 g/mol. The lowest BCUT2D eigenvalue weighted by atomic mass is 9.76. The van der Waals surface area contributed by atoms with Crippen molar-refractivity contribution in [3.8, 4) is 17.2 Å². The second kappa shape index (κ2) is 13.3. The van der Waals surface area contributed by atoms with Gasteiger partial charge in [-0.1, -0.05) is 165 Å². The maximum Gasteiger partial charge on any atom is 0.180 e. The number of hydrogen-bond donors (Lipinski definition) is 0. The fourth-order valence-electron chi connectivity index (χ4n) is 9.78. The number of para-hydroxylation sites is 3. The van der Waals surface area contributed by atoms with Crippen LogP contribution in [0.15, 0.2) is 198 Å². The van der Waals surface area contributed by atoms with Crippen LogP contribution in [0.5, 0.6) is 0 Å². The predicted octanol–water partition coefficient (Wildman–Crippen LogP) is 9.90. The Morgan fingerprint density at radius 3 is 1.98 bits per heavy atom. The Balaban J connectivity index is 1.34. The summed E-state index contributed by atoms with van der Waals surface area (Å²) in [4.78, 5) is 12.9. The van der Waals surface area contributed by atoms with Gasteiger partial charge in [0.1, 0.15) is 11.6 Å². The standard InChI is InChI=1S/C52H40N4SSi/c1-52(2)40-26-11-15-30-45(40)57-50-46(34-44-48(49(50)52)39-25-10-13-28-42(39)56(44)47-31-16-17-32-53-47)58(36-20-6-4-7-21-36,37-22-8-5-9-23-37)38-24-18-19-35(33-38)51-54-41-27-12-14-29-43(41)55(51)3/h4-34H,1-3H3.